The van der Waals surface area contributed by atoms with Crippen molar-refractivity contribution in [3.63, 3.8) is 0 Å². The van der Waals surface area contributed by atoms with E-state index in [1.807, 2.05) is 12.3 Å². The number of hydrogen-bond donors (Lipinski definition) is 3. The van der Waals surface area contributed by atoms with Crippen molar-refractivity contribution in [2.75, 3.05) is 0 Å². The minimum Gasteiger partial charge on any atom is -0.480 e. The van der Waals surface area contributed by atoms with Gasteiger partial charge in [0.2, 0.25) is 0 Å². The van der Waals surface area contributed by atoms with Crippen LogP contribution >= 0.6 is 11.3 Å². The Balaban J connectivity index is 2.13. The van der Waals surface area contributed by atoms with Gasteiger partial charge in [0.1, 0.15) is 11.7 Å². The Morgan fingerprint density at radius 1 is 1.53 bits per heavy atom. The smallest absolute Gasteiger partial charge is 0.325 e. The molecule has 2 aromatic rings. The Kier molecular flexibility index (Phi) is 3.66. The van der Waals surface area contributed by atoms with Crippen LogP contribution in [0.1, 0.15) is 22.4 Å². The Morgan fingerprint density at radius 2 is 2.26 bits per heavy atom. The van der Waals surface area contributed by atoms with Crippen molar-refractivity contribution in [2.24, 2.45) is 0 Å². The van der Waals surface area contributed by atoms with Crippen LogP contribution in [-0.2, 0) is 4.79 Å². The summed E-state index contributed by atoms with van der Waals surface area (Å²) >= 11 is 1.53. The van der Waals surface area contributed by atoms with E-state index in [9.17, 15) is 9.59 Å². The second-order valence-corrected chi connectivity index (χ2v) is 5.15. The number of carboxylic acid groups (broad SMARTS) is 1. The minimum atomic E-state index is -1.07. The Hall–Kier alpha value is -2.15. The van der Waals surface area contributed by atoms with Gasteiger partial charge in [0.15, 0.2) is 0 Å². The molecule has 0 fully saturated rings. The number of nitrogens with one attached hydrogen (secondary N) is 2. The van der Waals surface area contributed by atoms with Crippen LogP contribution in [-0.4, -0.2) is 33.0 Å². The number of thiazole rings is 1. The molecule has 7 heteroatoms. The van der Waals surface area contributed by atoms with Gasteiger partial charge in [-0.25, -0.2) is 4.98 Å². The number of aromatic amines is 1. The number of H-pyrrole nitrogens is 1. The number of aromatic nitrogens is 2. The van der Waals surface area contributed by atoms with E-state index in [0.29, 0.717) is 5.69 Å². The molecule has 6 nitrogen and oxygen atoms in total. The summed E-state index contributed by atoms with van der Waals surface area (Å²) in [5.74, 6) is -1.52. The summed E-state index contributed by atoms with van der Waals surface area (Å²) in [6.45, 7) is 3.32. The average Bonchev–Trinajstić information content (AvgIpc) is 2.96. The van der Waals surface area contributed by atoms with Crippen LogP contribution in [0.3, 0.4) is 0 Å². The highest BCUT2D eigenvalue weighted by molar-refractivity contribution is 7.09. The molecule has 0 aliphatic rings. The molecule has 0 unspecified atom stereocenters. The van der Waals surface area contributed by atoms with Gasteiger partial charge in [-0.2, -0.15) is 0 Å². The van der Waals surface area contributed by atoms with E-state index in [1.54, 1.807) is 12.3 Å². The molecule has 2 aromatic heterocycles. The standard InChI is InChI=1S/C12H13N3O3S/c1-6(12(17)18)14-11(16)9-3-8(4-13-9)10-5-19-7(2)15-10/h3-6,13H,1-2H3,(H,14,16)(H,17,18)/t6-/m0/s1. The molecule has 0 saturated heterocycles. The van der Waals surface area contributed by atoms with E-state index in [-0.39, 0.29) is 0 Å². The largest absolute Gasteiger partial charge is 0.480 e. The van der Waals surface area contributed by atoms with Gasteiger partial charge in [0.05, 0.1) is 10.7 Å². The first-order valence-electron chi connectivity index (χ1n) is 5.62. The fourth-order valence-corrected chi connectivity index (χ4v) is 2.13. The normalized spacial score (nSPS) is 12.1. The molecule has 1 atom stereocenters. The second-order valence-electron chi connectivity index (χ2n) is 4.09. The maximum Gasteiger partial charge on any atom is 0.325 e. The van der Waals surface area contributed by atoms with Crippen LogP contribution in [0.2, 0.25) is 0 Å². The van der Waals surface area contributed by atoms with Crippen LogP contribution in [0.5, 0.6) is 0 Å². The lowest BCUT2D eigenvalue weighted by molar-refractivity contribution is -0.138. The van der Waals surface area contributed by atoms with E-state index in [4.69, 9.17) is 5.11 Å². The second kappa shape index (κ2) is 5.23. The molecule has 19 heavy (non-hydrogen) atoms. The Bertz CT molecular complexity index is 617. The van der Waals surface area contributed by atoms with Crippen molar-refractivity contribution in [1.82, 2.24) is 15.3 Å². The molecule has 0 aliphatic heterocycles. The molecule has 0 aromatic carbocycles. The molecule has 1 amide bonds. The van der Waals surface area contributed by atoms with Gasteiger partial charge >= 0.3 is 5.97 Å². The topological polar surface area (TPSA) is 95.1 Å². The fraction of sp³-hybridized carbons (Fsp3) is 0.250. The fourth-order valence-electron chi connectivity index (χ4n) is 1.51. The molecule has 0 radical (unpaired) electrons. The van der Waals surface area contributed by atoms with Gasteiger partial charge in [0, 0.05) is 17.1 Å². The van der Waals surface area contributed by atoms with Crippen LogP contribution in [0, 0.1) is 6.92 Å². The number of amides is 1. The van der Waals surface area contributed by atoms with Crippen LogP contribution in [0.4, 0.5) is 0 Å². The first-order valence-corrected chi connectivity index (χ1v) is 6.50. The van der Waals surface area contributed by atoms with E-state index in [0.717, 1.165) is 16.3 Å². The van der Waals surface area contributed by atoms with E-state index in [2.05, 4.69) is 15.3 Å². The molecule has 0 aliphatic carbocycles. The SMILES string of the molecule is Cc1nc(-c2c[nH]c(C(=O)N[C@@H](C)C(=O)O)c2)cs1. The van der Waals surface area contributed by atoms with Crippen molar-refractivity contribution in [1.29, 1.82) is 0 Å². The van der Waals surface area contributed by atoms with Gasteiger partial charge in [-0.15, -0.1) is 11.3 Å². The first-order chi connectivity index (χ1) is 8.97. The number of rotatable bonds is 4. The van der Waals surface area contributed by atoms with E-state index in [1.165, 1.54) is 18.3 Å². The lowest BCUT2D eigenvalue weighted by Crippen LogP contribution is -2.38. The predicted octanol–water partition coefficient (Wildman–Crippen LogP) is 1.65. The van der Waals surface area contributed by atoms with Crippen molar-refractivity contribution >= 4 is 23.2 Å². The van der Waals surface area contributed by atoms with Crippen LogP contribution in [0.25, 0.3) is 11.3 Å². The number of carboxylic acids is 1. The molecule has 2 heterocycles. The van der Waals surface area contributed by atoms with Gasteiger partial charge in [-0.05, 0) is 19.9 Å². The summed E-state index contributed by atoms with van der Waals surface area (Å²) in [6.07, 6.45) is 1.68. The number of aryl methyl sites for hydroxylation is 1. The van der Waals surface area contributed by atoms with Gasteiger partial charge in [-0.1, -0.05) is 0 Å². The lowest BCUT2D eigenvalue weighted by atomic mass is 10.2. The summed E-state index contributed by atoms with van der Waals surface area (Å²) in [6, 6.07) is 0.721. The van der Waals surface area contributed by atoms with Gasteiger partial charge in [0.25, 0.3) is 5.91 Å². The van der Waals surface area contributed by atoms with E-state index >= 15 is 0 Å². The molecule has 2 rings (SSSR count). The molecular formula is C12H13N3O3S. The summed E-state index contributed by atoms with van der Waals surface area (Å²) in [7, 11) is 0. The molecule has 0 spiro atoms. The summed E-state index contributed by atoms with van der Waals surface area (Å²) in [5.41, 5.74) is 1.91. The number of hydrogen-bond acceptors (Lipinski definition) is 4. The first kappa shape index (κ1) is 13.3. The lowest BCUT2D eigenvalue weighted by Gasteiger charge is -2.07. The zero-order valence-electron chi connectivity index (χ0n) is 10.4. The third-order valence-corrected chi connectivity index (χ3v) is 3.33. The van der Waals surface area contributed by atoms with Crippen LogP contribution < -0.4 is 5.32 Å². The molecule has 0 bridgehead atoms. The van der Waals surface area contributed by atoms with Crippen molar-refractivity contribution in [3.8, 4) is 11.3 Å². The average molecular weight is 279 g/mol. The number of nitrogens with zero attached hydrogens (tertiary/aromatic N) is 1. The minimum absolute atomic E-state index is 0.314. The number of carbonyl (C=O) groups excluding carboxylic acids is 1. The van der Waals surface area contributed by atoms with Crippen molar-refractivity contribution in [3.05, 3.63) is 28.3 Å². The third-order valence-electron chi connectivity index (χ3n) is 2.56. The monoisotopic (exact) mass is 279 g/mol. The highest BCUT2D eigenvalue weighted by Crippen LogP contribution is 2.22. The highest BCUT2D eigenvalue weighted by Gasteiger charge is 2.17. The maximum atomic E-state index is 11.8. The Morgan fingerprint density at radius 3 is 2.84 bits per heavy atom. The summed E-state index contributed by atoms with van der Waals surface area (Å²) in [5, 5.41) is 14.0. The predicted molar refractivity (Wildman–Crippen MR) is 71.2 cm³/mol. The summed E-state index contributed by atoms with van der Waals surface area (Å²) in [4.78, 5) is 29.6. The molecular weight excluding hydrogens is 266 g/mol. The molecule has 100 valence electrons. The summed E-state index contributed by atoms with van der Waals surface area (Å²) < 4.78 is 0. The van der Waals surface area contributed by atoms with Crippen molar-refractivity contribution in [2.45, 2.75) is 19.9 Å². The highest BCUT2D eigenvalue weighted by atomic mass is 32.1. The quantitative estimate of drug-likeness (QED) is 0.793. The number of aliphatic carboxylic acids is 1. The van der Waals surface area contributed by atoms with Crippen LogP contribution in [0.15, 0.2) is 17.6 Å². The number of carbonyl (C=O) groups is 2. The third kappa shape index (κ3) is 3.00. The molecule has 0 saturated carbocycles. The van der Waals surface area contributed by atoms with E-state index < -0.39 is 17.9 Å². The Labute approximate surface area is 113 Å². The van der Waals surface area contributed by atoms with Gasteiger partial charge in [-0.3, -0.25) is 9.59 Å². The zero-order valence-corrected chi connectivity index (χ0v) is 11.2. The van der Waals surface area contributed by atoms with Crippen molar-refractivity contribution < 1.29 is 14.7 Å². The maximum absolute atomic E-state index is 11.8. The molecule has 3 N–H and O–H groups in total. The zero-order chi connectivity index (χ0) is 14.0. The van der Waals surface area contributed by atoms with Gasteiger partial charge < -0.3 is 15.4 Å².